The van der Waals surface area contributed by atoms with E-state index in [-0.39, 0.29) is 0 Å². The van der Waals surface area contributed by atoms with E-state index in [0.29, 0.717) is 16.9 Å². The van der Waals surface area contributed by atoms with Crippen LogP contribution in [0.25, 0.3) is 0 Å². The van der Waals surface area contributed by atoms with E-state index in [1.54, 1.807) is 0 Å². The zero-order valence-electron chi connectivity index (χ0n) is 12.2. The molecule has 1 aliphatic heterocycles. The van der Waals surface area contributed by atoms with Gasteiger partial charge in [-0.15, -0.1) is 0 Å². The number of hydrogen-bond donors (Lipinski definition) is 1. The van der Waals surface area contributed by atoms with Crippen molar-refractivity contribution in [1.82, 2.24) is 4.98 Å². The Labute approximate surface area is 121 Å². The number of nitrogens with two attached hydrogens (primary N) is 1. The Hall–Kier alpha value is -1.16. The zero-order chi connectivity index (χ0) is 14.2. The lowest BCUT2D eigenvalue weighted by Crippen LogP contribution is -2.44. The molecule has 1 aromatic heterocycles. The Kier molecular flexibility index (Phi) is 4.09. The number of aryl methyl sites for hydroxylation is 2. The SMILES string of the molecule is Cc1cc(C)c(C(N)=S)c(N2CCCC(C)C2C)n1. The van der Waals surface area contributed by atoms with Crippen LogP contribution in [0, 0.1) is 19.8 Å². The molecule has 4 heteroatoms. The second-order valence-corrected chi connectivity index (χ2v) is 6.14. The van der Waals surface area contributed by atoms with E-state index in [1.165, 1.54) is 12.8 Å². The number of anilines is 1. The van der Waals surface area contributed by atoms with Gasteiger partial charge in [-0.1, -0.05) is 19.1 Å². The van der Waals surface area contributed by atoms with Crippen LogP contribution in [-0.4, -0.2) is 22.6 Å². The van der Waals surface area contributed by atoms with Crippen LogP contribution in [0.2, 0.25) is 0 Å². The van der Waals surface area contributed by atoms with Crippen molar-refractivity contribution in [2.45, 2.75) is 46.6 Å². The molecule has 104 valence electrons. The Bertz CT molecular complexity index is 498. The first-order valence-electron chi connectivity index (χ1n) is 6.96. The van der Waals surface area contributed by atoms with Gasteiger partial charge in [-0.2, -0.15) is 0 Å². The molecule has 0 aliphatic carbocycles. The maximum absolute atomic E-state index is 5.92. The average Bonchev–Trinajstić information content (AvgIpc) is 2.31. The van der Waals surface area contributed by atoms with Gasteiger partial charge in [0.1, 0.15) is 10.8 Å². The molecule has 2 N–H and O–H groups in total. The molecule has 3 nitrogen and oxygen atoms in total. The maximum Gasteiger partial charge on any atom is 0.139 e. The quantitative estimate of drug-likeness (QED) is 0.844. The van der Waals surface area contributed by atoms with Crippen LogP contribution in [0.1, 0.15) is 43.5 Å². The van der Waals surface area contributed by atoms with Crippen LogP contribution in [-0.2, 0) is 0 Å². The minimum atomic E-state index is 0.449. The molecule has 1 saturated heterocycles. The van der Waals surface area contributed by atoms with Gasteiger partial charge in [-0.25, -0.2) is 4.98 Å². The molecule has 2 atom stereocenters. The van der Waals surface area contributed by atoms with Crippen LogP contribution >= 0.6 is 12.2 Å². The average molecular weight is 277 g/mol. The summed E-state index contributed by atoms with van der Waals surface area (Å²) in [6.45, 7) is 9.70. The van der Waals surface area contributed by atoms with E-state index in [9.17, 15) is 0 Å². The first kappa shape index (κ1) is 14.3. The molecule has 0 spiro atoms. The molecule has 0 saturated carbocycles. The summed E-state index contributed by atoms with van der Waals surface area (Å²) in [5.74, 6) is 1.65. The van der Waals surface area contributed by atoms with Crippen molar-refractivity contribution in [1.29, 1.82) is 0 Å². The van der Waals surface area contributed by atoms with Gasteiger partial charge in [0.05, 0.1) is 5.56 Å². The van der Waals surface area contributed by atoms with E-state index in [1.807, 2.05) is 6.92 Å². The van der Waals surface area contributed by atoms with Gasteiger partial charge in [-0.05, 0) is 51.2 Å². The van der Waals surface area contributed by atoms with Gasteiger partial charge in [0.15, 0.2) is 0 Å². The van der Waals surface area contributed by atoms with Crippen molar-refractivity contribution in [3.05, 3.63) is 22.9 Å². The zero-order valence-corrected chi connectivity index (χ0v) is 13.0. The molecule has 0 amide bonds. The summed E-state index contributed by atoms with van der Waals surface area (Å²) in [7, 11) is 0. The standard InChI is InChI=1S/C15H23N3S/c1-9-6-5-7-18(12(9)4)15-13(14(16)19)10(2)8-11(3)17-15/h8-9,12H,5-7H2,1-4H3,(H2,16,19). The summed E-state index contributed by atoms with van der Waals surface area (Å²) in [6, 6.07) is 2.53. The molecule has 0 aromatic carbocycles. The summed E-state index contributed by atoms with van der Waals surface area (Å²) in [5.41, 5.74) is 9.01. The molecule has 1 fully saturated rings. The van der Waals surface area contributed by atoms with Crippen molar-refractivity contribution in [2.75, 3.05) is 11.4 Å². The molecular weight excluding hydrogens is 254 g/mol. The van der Waals surface area contributed by atoms with Crippen LogP contribution < -0.4 is 10.6 Å². The summed E-state index contributed by atoms with van der Waals surface area (Å²) in [6.07, 6.45) is 2.49. The van der Waals surface area contributed by atoms with E-state index in [4.69, 9.17) is 22.9 Å². The predicted molar refractivity (Wildman–Crippen MR) is 84.8 cm³/mol. The topological polar surface area (TPSA) is 42.1 Å². The number of aromatic nitrogens is 1. The van der Waals surface area contributed by atoms with E-state index >= 15 is 0 Å². The number of nitrogens with zero attached hydrogens (tertiary/aromatic N) is 2. The van der Waals surface area contributed by atoms with Crippen molar-refractivity contribution >= 4 is 23.0 Å². The summed E-state index contributed by atoms with van der Waals surface area (Å²) < 4.78 is 0. The third-order valence-corrected chi connectivity index (χ3v) is 4.42. The molecule has 0 radical (unpaired) electrons. The number of thiocarbonyl (C=S) groups is 1. The summed E-state index contributed by atoms with van der Waals surface area (Å²) in [5, 5.41) is 0. The largest absolute Gasteiger partial charge is 0.389 e. The molecule has 2 rings (SSSR count). The van der Waals surface area contributed by atoms with Crippen LogP contribution in [0.5, 0.6) is 0 Å². The van der Waals surface area contributed by atoms with E-state index in [2.05, 4.69) is 31.7 Å². The number of pyridine rings is 1. The number of piperidine rings is 1. The van der Waals surface area contributed by atoms with Gasteiger partial charge < -0.3 is 10.6 Å². The monoisotopic (exact) mass is 277 g/mol. The third kappa shape index (κ3) is 2.73. The van der Waals surface area contributed by atoms with Crippen molar-refractivity contribution in [3.63, 3.8) is 0 Å². The fraction of sp³-hybridized carbons (Fsp3) is 0.600. The lowest BCUT2D eigenvalue weighted by atomic mass is 9.91. The number of hydrogen-bond acceptors (Lipinski definition) is 3. The van der Waals surface area contributed by atoms with Gasteiger partial charge >= 0.3 is 0 Å². The Balaban J connectivity index is 2.51. The van der Waals surface area contributed by atoms with Gasteiger partial charge in [0.25, 0.3) is 0 Å². The highest BCUT2D eigenvalue weighted by Crippen LogP contribution is 2.31. The highest BCUT2D eigenvalue weighted by molar-refractivity contribution is 7.80. The van der Waals surface area contributed by atoms with Crippen molar-refractivity contribution in [3.8, 4) is 0 Å². The van der Waals surface area contributed by atoms with Crippen molar-refractivity contribution in [2.24, 2.45) is 11.7 Å². The third-order valence-electron chi connectivity index (χ3n) is 4.22. The highest BCUT2D eigenvalue weighted by atomic mass is 32.1. The second kappa shape index (κ2) is 5.45. The fourth-order valence-corrected chi connectivity index (χ4v) is 3.22. The maximum atomic E-state index is 5.92. The van der Waals surface area contributed by atoms with Gasteiger partial charge in [0, 0.05) is 18.3 Å². The minimum Gasteiger partial charge on any atom is -0.389 e. The molecule has 19 heavy (non-hydrogen) atoms. The van der Waals surface area contributed by atoms with Crippen LogP contribution in [0.3, 0.4) is 0 Å². The molecular formula is C15H23N3S. The van der Waals surface area contributed by atoms with Crippen molar-refractivity contribution < 1.29 is 0 Å². The molecule has 2 unspecified atom stereocenters. The first-order valence-corrected chi connectivity index (χ1v) is 7.37. The molecule has 1 aromatic rings. The summed E-state index contributed by atoms with van der Waals surface area (Å²) >= 11 is 5.23. The fourth-order valence-electron chi connectivity index (χ4n) is 2.96. The van der Waals surface area contributed by atoms with Gasteiger partial charge in [0.2, 0.25) is 0 Å². The first-order chi connectivity index (χ1) is 8.91. The smallest absolute Gasteiger partial charge is 0.139 e. The number of rotatable bonds is 2. The van der Waals surface area contributed by atoms with Crippen LogP contribution in [0.4, 0.5) is 5.82 Å². The lowest BCUT2D eigenvalue weighted by molar-refractivity contribution is 0.361. The Morgan fingerprint density at radius 2 is 2.11 bits per heavy atom. The van der Waals surface area contributed by atoms with Gasteiger partial charge in [-0.3, -0.25) is 0 Å². The molecule has 1 aliphatic rings. The summed E-state index contributed by atoms with van der Waals surface area (Å²) in [4.78, 5) is 7.55. The Morgan fingerprint density at radius 3 is 2.74 bits per heavy atom. The Morgan fingerprint density at radius 1 is 1.42 bits per heavy atom. The molecule has 0 bridgehead atoms. The molecule has 2 heterocycles. The van der Waals surface area contributed by atoms with E-state index < -0.39 is 0 Å². The van der Waals surface area contributed by atoms with E-state index in [0.717, 1.165) is 29.2 Å². The minimum absolute atomic E-state index is 0.449. The normalized spacial score (nSPS) is 23.5. The predicted octanol–water partition coefficient (Wildman–Crippen LogP) is 2.96. The van der Waals surface area contributed by atoms with Crippen LogP contribution in [0.15, 0.2) is 6.07 Å². The second-order valence-electron chi connectivity index (χ2n) is 5.70. The lowest BCUT2D eigenvalue weighted by Gasteiger charge is -2.40. The highest BCUT2D eigenvalue weighted by Gasteiger charge is 2.28.